The van der Waals surface area contributed by atoms with Crippen molar-refractivity contribution in [1.29, 1.82) is 0 Å². The van der Waals surface area contributed by atoms with Crippen LogP contribution in [0.5, 0.6) is 0 Å². The minimum atomic E-state index is 0.489. The first kappa shape index (κ1) is 15.3. The smallest absolute Gasteiger partial charge is 0.0586 e. The molecule has 1 saturated carbocycles. The number of ether oxygens (including phenoxy) is 1. The van der Waals surface area contributed by atoms with Crippen LogP contribution in [-0.4, -0.2) is 50.3 Å². The second-order valence-electron chi connectivity index (χ2n) is 6.60. The van der Waals surface area contributed by atoms with Gasteiger partial charge in [-0.15, -0.1) is 0 Å². The Labute approximate surface area is 119 Å². The average Bonchev–Trinajstić information content (AvgIpc) is 2.46. The molecule has 1 aliphatic carbocycles. The molecule has 0 radical (unpaired) electrons. The molecule has 2 fully saturated rings. The van der Waals surface area contributed by atoms with Crippen LogP contribution < -0.4 is 5.32 Å². The Hall–Kier alpha value is -0.120. The first-order valence-electron chi connectivity index (χ1n) is 8.26. The van der Waals surface area contributed by atoms with E-state index in [0.717, 1.165) is 12.5 Å². The largest absolute Gasteiger partial charge is 0.381 e. The Kier molecular flexibility index (Phi) is 6.62. The summed E-state index contributed by atoms with van der Waals surface area (Å²) >= 11 is 0. The maximum atomic E-state index is 5.50. The summed E-state index contributed by atoms with van der Waals surface area (Å²) in [5.41, 5.74) is 0. The number of hydrogen-bond acceptors (Lipinski definition) is 3. The maximum Gasteiger partial charge on any atom is 0.0586 e. The van der Waals surface area contributed by atoms with E-state index in [1.165, 1.54) is 64.6 Å². The number of likely N-dealkylation sites (tertiary alicyclic amines) is 1. The van der Waals surface area contributed by atoms with Gasteiger partial charge in [0.05, 0.1) is 6.10 Å². The summed E-state index contributed by atoms with van der Waals surface area (Å²) in [7, 11) is 1.85. The highest BCUT2D eigenvalue weighted by atomic mass is 16.5. The lowest BCUT2D eigenvalue weighted by atomic mass is 9.92. The number of methoxy groups -OCH3 is 1. The fraction of sp³-hybridized carbons (Fsp3) is 1.00. The highest BCUT2D eigenvalue weighted by Crippen LogP contribution is 2.20. The lowest BCUT2D eigenvalue weighted by Gasteiger charge is -2.32. The number of piperidine rings is 1. The van der Waals surface area contributed by atoms with Gasteiger partial charge in [0, 0.05) is 19.7 Å². The summed E-state index contributed by atoms with van der Waals surface area (Å²) < 4.78 is 5.50. The lowest BCUT2D eigenvalue weighted by molar-refractivity contribution is 0.0579. The molecule has 1 N–H and O–H groups in total. The van der Waals surface area contributed by atoms with Gasteiger partial charge in [-0.1, -0.05) is 13.3 Å². The maximum absolute atomic E-state index is 5.50. The minimum absolute atomic E-state index is 0.489. The minimum Gasteiger partial charge on any atom is -0.381 e. The first-order valence-corrected chi connectivity index (χ1v) is 8.26. The Morgan fingerprint density at radius 1 is 1.16 bits per heavy atom. The standard InChI is InChI=1S/C16H32N2O/c1-14(13-18-9-4-3-5-10-18)12-17-15-7-6-8-16(11-15)19-2/h14-17H,3-13H2,1-2H3. The molecular weight excluding hydrogens is 236 g/mol. The lowest BCUT2D eigenvalue weighted by Crippen LogP contribution is -2.41. The van der Waals surface area contributed by atoms with Gasteiger partial charge in [-0.25, -0.2) is 0 Å². The molecule has 2 aliphatic rings. The normalized spacial score (nSPS) is 31.3. The van der Waals surface area contributed by atoms with E-state index in [-0.39, 0.29) is 0 Å². The molecule has 19 heavy (non-hydrogen) atoms. The van der Waals surface area contributed by atoms with Crippen molar-refractivity contribution in [2.24, 2.45) is 5.92 Å². The molecule has 0 bridgehead atoms. The molecule has 0 aromatic carbocycles. The van der Waals surface area contributed by atoms with Crippen molar-refractivity contribution >= 4 is 0 Å². The molecule has 3 heteroatoms. The number of rotatable bonds is 6. The van der Waals surface area contributed by atoms with Gasteiger partial charge in [0.1, 0.15) is 0 Å². The molecule has 2 rings (SSSR count). The van der Waals surface area contributed by atoms with E-state index in [4.69, 9.17) is 4.74 Å². The molecule has 1 saturated heterocycles. The highest BCUT2D eigenvalue weighted by molar-refractivity contribution is 4.79. The molecule has 3 unspecified atom stereocenters. The van der Waals surface area contributed by atoms with Gasteiger partial charge < -0.3 is 15.0 Å². The van der Waals surface area contributed by atoms with E-state index < -0.39 is 0 Å². The molecule has 0 amide bonds. The third kappa shape index (κ3) is 5.41. The van der Waals surface area contributed by atoms with Crippen molar-refractivity contribution in [3.8, 4) is 0 Å². The Morgan fingerprint density at radius 3 is 2.68 bits per heavy atom. The molecule has 3 nitrogen and oxygen atoms in total. The topological polar surface area (TPSA) is 24.5 Å². The Bertz CT molecular complexity index is 241. The van der Waals surface area contributed by atoms with Gasteiger partial charge in [0.15, 0.2) is 0 Å². The predicted molar refractivity (Wildman–Crippen MR) is 80.5 cm³/mol. The van der Waals surface area contributed by atoms with Crippen LogP contribution in [0.25, 0.3) is 0 Å². The summed E-state index contributed by atoms with van der Waals surface area (Å²) in [4.78, 5) is 2.65. The second kappa shape index (κ2) is 8.23. The summed E-state index contributed by atoms with van der Waals surface area (Å²) in [6, 6.07) is 0.683. The van der Waals surface area contributed by atoms with Crippen LogP contribution in [0.1, 0.15) is 51.9 Å². The first-order chi connectivity index (χ1) is 9.28. The van der Waals surface area contributed by atoms with E-state index in [0.29, 0.717) is 12.1 Å². The zero-order valence-electron chi connectivity index (χ0n) is 12.9. The monoisotopic (exact) mass is 268 g/mol. The zero-order chi connectivity index (χ0) is 13.5. The van der Waals surface area contributed by atoms with Crippen LogP contribution in [0.4, 0.5) is 0 Å². The molecular formula is C16H32N2O. The number of hydrogen-bond donors (Lipinski definition) is 1. The predicted octanol–water partition coefficient (Wildman–Crippen LogP) is 2.66. The second-order valence-corrected chi connectivity index (χ2v) is 6.60. The third-order valence-electron chi connectivity index (χ3n) is 4.73. The molecule has 1 aliphatic heterocycles. The van der Waals surface area contributed by atoms with E-state index >= 15 is 0 Å². The van der Waals surface area contributed by atoms with Crippen molar-refractivity contribution in [2.75, 3.05) is 33.3 Å². The summed E-state index contributed by atoms with van der Waals surface area (Å²) in [6.45, 7) is 7.46. The van der Waals surface area contributed by atoms with Crippen LogP contribution in [0.2, 0.25) is 0 Å². The van der Waals surface area contributed by atoms with Crippen LogP contribution in [0.3, 0.4) is 0 Å². The molecule has 0 aromatic heterocycles. The summed E-state index contributed by atoms with van der Waals surface area (Å²) in [5.74, 6) is 0.765. The quantitative estimate of drug-likeness (QED) is 0.801. The van der Waals surface area contributed by atoms with E-state index in [1.807, 2.05) is 7.11 Å². The average molecular weight is 268 g/mol. The molecule has 1 heterocycles. The fourth-order valence-electron chi connectivity index (χ4n) is 3.56. The Balaban J connectivity index is 1.61. The van der Waals surface area contributed by atoms with Crippen molar-refractivity contribution in [3.05, 3.63) is 0 Å². The highest BCUT2D eigenvalue weighted by Gasteiger charge is 2.22. The number of nitrogens with one attached hydrogen (secondary N) is 1. The van der Waals surface area contributed by atoms with Crippen molar-refractivity contribution < 1.29 is 4.74 Å². The third-order valence-corrected chi connectivity index (χ3v) is 4.73. The van der Waals surface area contributed by atoms with Crippen molar-refractivity contribution in [2.45, 2.75) is 64.0 Å². The van der Waals surface area contributed by atoms with Gasteiger partial charge in [-0.2, -0.15) is 0 Å². The van der Waals surface area contributed by atoms with Crippen molar-refractivity contribution in [1.82, 2.24) is 10.2 Å². The number of nitrogens with zero attached hydrogens (tertiary/aromatic N) is 1. The van der Waals surface area contributed by atoms with E-state index in [1.54, 1.807) is 0 Å². The fourth-order valence-corrected chi connectivity index (χ4v) is 3.56. The van der Waals surface area contributed by atoms with Crippen LogP contribution in [-0.2, 0) is 4.74 Å². The van der Waals surface area contributed by atoms with Gasteiger partial charge in [0.25, 0.3) is 0 Å². The molecule has 3 atom stereocenters. The molecule has 112 valence electrons. The van der Waals surface area contributed by atoms with E-state index in [2.05, 4.69) is 17.1 Å². The van der Waals surface area contributed by atoms with Gasteiger partial charge >= 0.3 is 0 Å². The van der Waals surface area contributed by atoms with Crippen LogP contribution in [0, 0.1) is 5.92 Å². The Morgan fingerprint density at radius 2 is 1.95 bits per heavy atom. The molecule has 0 spiro atoms. The summed E-state index contributed by atoms with van der Waals surface area (Å²) in [5, 5.41) is 3.77. The van der Waals surface area contributed by atoms with Gasteiger partial charge in [-0.3, -0.25) is 0 Å². The van der Waals surface area contributed by atoms with Gasteiger partial charge in [0.2, 0.25) is 0 Å². The van der Waals surface area contributed by atoms with Crippen LogP contribution >= 0.6 is 0 Å². The SMILES string of the molecule is COC1CCCC(NCC(C)CN2CCCCC2)C1. The zero-order valence-corrected chi connectivity index (χ0v) is 12.9. The van der Waals surface area contributed by atoms with E-state index in [9.17, 15) is 0 Å². The van der Waals surface area contributed by atoms with Gasteiger partial charge in [-0.05, 0) is 64.1 Å². The molecule has 0 aromatic rings. The van der Waals surface area contributed by atoms with Crippen molar-refractivity contribution in [3.63, 3.8) is 0 Å². The van der Waals surface area contributed by atoms with Crippen LogP contribution in [0.15, 0.2) is 0 Å². The summed E-state index contributed by atoms with van der Waals surface area (Å²) in [6.07, 6.45) is 9.82.